The van der Waals surface area contributed by atoms with Crippen LogP contribution in [0.1, 0.15) is 51.5 Å². The number of aryl methyl sites for hydroxylation is 1. The smallest absolute Gasteiger partial charge is 0.303 e. The first-order valence-corrected chi connectivity index (χ1v) is 10.5. The quantitative estimate of drug-likeness (QED) is 0.271. The molecule has 1 aromatic carbocycles. The van der Waals surface area contributed by atoms with E-state index in [1.807, 2.05) is 50.3 Å². The van der Waals surface area contributed by atoms with Gasteiger partial charge in [0.1, 0.15) is 0 Å². The molecule has 0 aliphatic carbocycles. The van der Waals surface area contributed by atoms with Crippen LogP contribution in [0, 0.1) is 24.7 Å². The Morgan fingerprint density at radius 2 is 1.66 bits per heavy atom. The van der Waals surface area contributed by atoms with E-state index in [0.717, 1.165) is 12.8 Å². The third-order valence-electron chi connectivity index (χ3n) is 3.79. The lowest BCUT2D eigenvalue weighted by molar-refractivity contribution is -0.137. The summed E-state index contributed by atoms with van der Waals surface area (Å²) in [7, 11) is 0. The molecule has 0 bridgehead atoms. The minimum Gasteiger partial charge on any atom is -0.481 e. The van der Waals surface area contributed by atoms with Crippen molar-refractivity contribution in [3.05, 3.63) is 72.4 Å². The molecule has 0 unspecified atom stereocenters. The van der Waals surface area contributed by atoms with E-state index in [-0.39, 0.29) is 21.3 Å². The second-order valence-electron chi connectivity index (χ2n) is 6.09. The summed E-state index contributed by atoms with van der Waals surface area (Å²) >= 11 is 0. The van der Waals surface area contributed by atoms with Gasteiger partial charge < -0.3 is 15.3 Å². The number of carboxylic acids is 1. The fourth-order valence-corrected chi connectivity index (χ4v) is 2.29. The Morgan fingerprint density at radius 3 is 2.28 bits per heavy atom. The summed E-state index contributed by atoms with van der Waals surface area (Å²) in [6, 6.07) is 10.3. The Balaban J connectivity index is -0.00000159. The molecular weight excluding hydrogens is 399 g/mol. The molecule has 32 heavy (non-hydrogen) atoms. The van der Waals surface area contributed by atoms with Crippen molar-refractivity contribution in [3.8, 4) is 24.7 Å². The molecular formula is C27H36BO4. The Hall–Kier alpha value is -2.99. The topological polar surface area (TPSA) is 77.8 Å². The molecule has 5 heteroatoms. The summed E-state index contributed by atoms with van der Waals surface area (Å²) in [6.07, 6.45) is 19.7. The zero-order chi connectivity index (χ0) is 23.7. The first kappa shape index (κ1) is 33.6. The summed E-state index contributed by atoms with van der Waals surface area (Å²) < 4.78 is 0. The van der Waals surface area contributed by atoms with E-state index in [2.05, 4.69) is 36.8 Å². The molecule has 3 radical (unpaired) electrons. The van der Waals surface area contributed by atoms with Gasteiger partial charge >= 0.3 is 5.97 Å². The number of allylic oxidation sites excluding steroid dienone is 5. The zero-order valence-corrected chi connectivity index (χ0v) is 19.2. The molecule has 171 valence electrons. The number of benzene rings is 1. The molecule has 2 atom stereocenters. The van der Waals surface area contributed by atoms with E-state index < -0.39 is 18.2 Å². The van der Waals surface area contributed by atoms with Crippen molar-refractivity contribution >= 4 is 14.4 Å². The number of rotatable bonds is 11. The van der Waals surface area contributed by atoms with Gasteiger partial charge in [0.25, 0.3) is 0 Å². The van der Waals surface area contributed by atoms with Crippen molar-refractivity contribution in [2.24, 2.45) is 0 Å². The molecule has 0 heterocycles. The first-order valence-electron chi connectivity index (χ1n) is 10.5. The second kappa shape index (κ2) is 26.1. The number of hydrogen-bond donors (Lipinski definition) is 3. The van der Waals surface area contributed by atoms with Gasteiger partial charge in [-0.1, -0.05) is 86.6 Å². The van der Waals surface area contributed by atoms with Crippen LogP contribution >= 0.6 is 0 Å². The lowest BCUT2D eigenvalue weighted by Crippen LogP contribution is -2.23. The molecule has 0 aliphatic rings. The highest BCUT2D eigenvalue weighted by molar-refractivity contribution is 5.75. The highest BCUT2D eigenvalue weighted by atomic mass is 16.4. The highest BCUT2D eigenvalue weighted by Gasteiger charge is 2.12. The Labute approximate surface area is 196 Å². The maximum Gasteiger partial charge on any atom is 0.303 e. The number of aliphatic hydroxyl groups is 2. The lowest BCUT2D eigenvalue weighted by Gasteiger charge is -2.13. The van der Waals surface area contributed by atoms with Crippen LogP contribution in [0.2, 0.25) is 0 Å². The van der Waals surface area contributed by atoms with Crippen LogP contribution in [0.25, 0.3) is 0 Å². The van der Waals surface area contributed by atoms with Crippen molar-refractivity contribution in [1.29, 1.82) is 0 Å². The predicted molar refractivity (Wildman–Crippen MR) is 135 cm³/mol. The summed E-state index contributed by atoms with van der Waals surface area (Å²) in [5.74, 6) is 5.35. The first-order chi connectivity index (χ1) is 15.1. The largest absolute Gasteiger partial charge is 0.481 e. The maximum atomic E-state index is 10.4. The molecule has 0 aromatic heterocycles. The van der Waals surface area contributed by atoms with E-state index in [1.165, 1.54) is 11.6 Å². The highest BCUT2D eigenvalue weighted by Crippen LogP contribution is 2.06. The van der Waals surface area contributed by atoms with Crippen LogP contribution in [0.4, 0.5) is 0 Å². The van der Waals surface area contributed by atoms with Crippen LogP contribution in [0.5, 0.6) is 0 Å². The van der Waals surface area contributed by atoms with Crippen molar-refractivity contribution in [2.45, 2.75) is 64.6 Å². The molecule has 0 saturated carbocycles. The molecule has 0 spiro atoms. The molecule has 4 nitrogen and oxygen atoms in total. The van der Waals surface area contributed by atoms with Gasteiger partial charge in [-0.25, -0.2) is 0 Å². The second-order valence-corrected chi connectivity index (χ2v) is 6.09. The average molecular weight is 435 g/mol. The Kier molecular flexibility index (Phi) is 27.4. The molecule has 0 saturated heterocycles. The molecule has 0 fully saturated rings. The van der Waals surface area contributed by atoms with Crippen LogP contribution in [0.3, 0.4) is 0 Å². The summed E-state index contributed by atoms with van der Waals surface area (Å²) in [4.78, 5) is 10.4. The number of carboxylic acid groups (broad SMARTS) is 1. The van der Waals surface area contributed by atoms with Gasteiger partial charge in [0.05, 0.1) is 12.2 Å². The fraction of sp³-hybridized carbons (Fsp3) is 0.370. The number of carbonyl (C=O) groups is 1. The number of aliphatic hydroxyl groups excluding tert-OH is 2. The third-order valence-corrected chi connectivity index (χ3v) is 3.79. The maximum absolute atomic E-state index is 10.4. The SMILES string of the molecule is C#C.CC.O=C(O)CCC[C@H](O)[C@H](O)/C=C/C=C/C=C\CC#CCCc1ccccc1.[B]. The minimum absolute atomic E-state index is 0. The van der Waals surface area contributed by atoms with Gasteiger partial charge in [0.2, 0.25) is 0 Å². The number of aliphatic carboxylic acids is 1. The molecule has 0 aliphatic heterocycles. The summed E-state index contributed by atoms with van der Waals surface area (Å²) in [5, 5.41) is 28.0. The summed E-state index contributed by atoms with van der Waals surface area (Å²) in [6.45, 7) is 4.00. The van der Waals surface area contributed by atoms with E-state index in [9.17, 15) is 15.0 Å². The van der Waals surface area contributed by atoms with Crippen LogP contribution in [-0.2, 0) is 11.2 Å². The van der Waals surface area contributed by atoms with Crippen molar-refractivity contribution in [3.63, 3.8) is 0 Å². The minimum atomic E-state index is -0.997. The lowest BCUT2D eigenvalue weighted by atomic mass is 10.1. The average Bonchev–Trinajstić information content (AvgIpc) is 2.80. The monoisotopic (exact) mass is 435 g/mol. The molecule has 1 rings (SSSR count). The van der Waals surface area contributed by atoms with E-state index in [0.29, 0.717) is 12.8 Å². The van der Waals surface area contributed by atoms with E-state index in [4.69, 9.17) is 5.11 Å². The fourth-order valence-electron chi connectivity index (χ4n) is 2.29. The normalized spacial score (nSPS) is 11.8. The van der Waals surface area contributed by atoms with Crippen molar-refractivity contribution in [1.82, 2.24) is 0 Å². The van der Waals surface area contributed by atoms with Gasteiger partial charge in [-0.2, -0.15) is 0 Å². The molecule has 3 N–H and O–H groups in total. The van der Waals surface area contributed by atoms with Gasteiger partial charge in [-0.05, 0) is 24.8 Å². The van der Waals surface area contributed by atoms with Crippen molar-refractivity contribution in [2.75, 3.05) is 0 Å². The van der Waals surface area contributed by atoms with Crippen LogP contribution in [-0.4, -0.2) is 41.9 Å². The van der Waals surface area contributed by atoms with Gasteiger partial charge in [0.15, 0.2) is 0 Å². The Bertz CT molecular complexity index is 724. The van der Waals surface area contributed by atoms with Gasteiger partial charge in [-0.15, -0.1) is 18.8 Å². The van der Waals surface area contributed by atoms with E-state index in [1.54, 1.807) is 12.2 Å². The van der Waals surface area contributed by atoms with Crippen LogP contribution < -0.4 is 0 Å². The standard InChI is InChI=1S/C23H28O4.C2H6.C2H2.B/c24-21(22(25)18-13-19-23(26)27)17-12-7-5-3-1-2-4-6-9-14-20-15-10-8-11-16-20;2*1-2;/h1,3,5,7-8,10-12,15-17,21-22,24-25H,2,9,13-14,18-19H2,(H,26,27);1-2H3;1-2H;/b3-1-,7-5+,17-12+;;;/t21-,22+;;;/m1.../s1. The van der Waals surface area contributed by atoms with Gasteiger partial charge in [-0.3, -0.25) is 4.79 Å². The number of hydrogen-bond acceptors (Lipinski definition) is 3. The van der Waals surface area contributed by atoms with Crippen molar-refractivity contribution < 1.29 is 20.1 Å². The Morgan fingerprint density at radius 1 is 1.03 bits per heavy atom. The van der Waals surface area contributed by atoms with Gasteiger partial charge in [0, 0.05) is 27.7 Å². The van der Waals surface area contributed by atoms with Crippen LogP contribution in [0.15, 0.2) is 66.8 Å². The molecule has 1 aromatic rings. The molecule has 0 amide bonds. The predicted octanol–water partition coefficient (Wildman–Crippen LogP) is 4.55. The third kappa shape index (κ3) is 21.7. The summed E-state index contributed by atoms with van der Waals surface area (Å²) in [5.41, 5.74) is 1.30. The van der Waals surface area contributed by atoms with E-state index >= 15 is 0 Å². The zero-order valence-electron chi connectivity index (χ0n) is 19.2. The number of terminal acetylenes is 1.